The Hall–Kier alpha value is -1.63. The summed E-state index contributed by atoms with van der Waals surface area (Å²) in [5.74, 6) is 0. The summed E-state index contributed by atoms with van der Waals surface area (Å²) in [7, 11) is 0. The van der Waals surface area contributed by atoms with E-state index in [0.717, 1.165) is 15.6 Å². The highest BCUT2D eigenvalue weighted by atomic mass is 79.9. The summed E-state index contributed by atoms with van der Waals surface area (Å²) in [6, 6.07) is 11.6. The van der Waals surface area contributed by atoms with Gasteiger partial charge in [0.2, 0.25) is 0 Å². The second-order valence-electron chi connectivity index (χ2n) is 4.03. The SMILES string of the molecule is Cc1ccc(Br)c(/C(Cl)=C(/C#N)c2cccnc2)c1. The molecule has 0 aliphatic heterocycles. The average Bonchev–Trinajstić information content (AvgIpc) is 2.43. The summed E-state index contributed by atoms with van der Waals surface area (Å²) < 4.78 is 0.861. The van der Waals surface area contributed by atoms with E-state index >= 15 is 0 Å². The van der Waals surface area contributed by atoms with Crippen molar-refractivity contribution in [1.82, 2.24) is 4.98 Å². The third-order valence-electron chi connectivity index (χ3n) is 2.64. The number of benzene rings is 1. The third-order valence-corrected chi connectivity index (χ3v) is 3.72. The molecule has 0 unspecified atom stereocenters. The third kappa shape index (κ3) is 3.04. The maximum Gasteiger partial charge on any atom is 0.101 e. The van der Waals surface area contributed by atoms with Crippen LogP contribution in [0.15, 0.2) is 47.2 Å². The molecule has 0 saturated heterocycles. The number of aryl methyl sites for hydroxylation is 1. The first-order chi connectivity index (χ1) is 9.13. The number of allylic oxidation sites excluding steroid dienone is 1. The van der Waals surface area contributed by atoms with Gasteiger partial charge in [-0.15, -0.1) is 0 Å². The molecule has 2 rings (SSSR count). The molecule has 1 aromatic carbocycles. The molecule has 0 fully saturated rings. The molecule has 0 bridgehead atoms. The van der Waals surface area contributed by atoms with Crippen LogP contribution in [0.1, 0.15) is 16.7 Å². The van der Waals surface area contributed by atoms with Crippen LogP contribution in [-0.4, -0.2) is 4.98 Å². The molecule has 0 N–H and O–H groups in total. The van der Waals surface area contributed by atoms with Crippen LogP contribution >= 0.6 is 27.5 Å². The highest BCUT2D eigenvalue weighted by Gasteiger charge is 2.12. The first-order valence-electron chi connectivity index (χ1n) is 5.60. The zero-order valence-electron chi connectivity index (χ0n) is 10.2. The molecule has 0 aliphatic carbocycles. The molecule has 0 aliphatic rings. The van der Waals surface area contributed by atoms with Crippen molar-refractivity contribution in [2.45, 2.75) is 6.92 Å². The number of hydrogen-bond acceptors (Lipinski definition) is 2. The predicted molar refractivity (Wildman–Crippen MR) is 81.4 cm³/mol. The number of nitriles is 1. The molecule has 2 aromatic rings. The first-order valence-corrected chi connectivity index (χ1v) is 6.77. The van der Waals surface area contributed by atoms with Gasteiger partial charge in [-0.2, -0.15) is 5.26 Å². The number of rotatable bonds is 2. The summed E-state index contributed by atoms with van der Waals surface area (Å²) in [4.78, 5) is 4.01. The Labute approximate surface area is 125 Å². The minimum absolute atomic E-state index is 0.418. The van der Waals surface area contributed by atoms with E-state index in [1.807, 2.05) is 31.2 Å². The fraction of sp³-hybridized carbons (Fsp3) is 0.0667. The lowest BCUT2D eigenvalue weighted by Gasteiger charge is -2.07. The fourth-order valence-electron chi connectivity index (χ4n) is 1.69. The van der Waals surface area contributed by atoms with Gasteiger partial charge in [-0.1, -0.05) is 45.2 Å². The Bertz CT molecular complexity index is 672. The Kier molecular flexibility index (Phi) is 4.36. The number of aromatic nitrogens is 1. The second kappa shape index (κ2) is 6.01. The Morgan fingerprint density at radius 3 is 2.79 bits per heavy atom. The van der Waals surface area contributed by atoms with Gasteiger partial charge in [0.15, 0.2) is 0 Å². The van der Waals surface area contributed by atoms with Gasteiger partial charge >= 0.3 is 0 Å². The second-order valence-corrected chi connectivity index (χ2v) is 5.26. The van der Waals surface area contributed by atoms with Crippen molar-refractivity contribution in [3.8, 4) is 6.07 Å². The van der Waals surface area contributed by atoms with Gasteiger partial charge in [0.25, 0.3) is 0 Å². The molecule has 1 aromatic heterocycles. The number of pyridine rings is 1. The van der Waals surface area contributed by atoms with E-state index in [2.05, 4.69) is 27.0 Å². The van der Waals surface area contributed by atoms with Crippen molar-refractivity contribution in [3.05, 3.63) is 63.9 Å². The van der Waals surface area contributed by atoms with E-state index in [1.54, 1.807) is 18.5 Å². The van der Waals surface area contributed by atoms with E-state index in [9.17, 15) is 5.26 Å². The molecule has 94 valence electrons. The van der Waals surface area contributed by atoms with Gasteiger partial charge in [-0.05, 0) is 25.1 Å². The van der Waals surface area contributed by atoms with Crippen molar-refractivity contribution in [3.63, 3.8) is 0 Å². The smallest absolute Gasteiger partial charge is 0.101 e. The highest BCUT2D eigenvalue weighted by Crippen LogP contribution is 2.33. The Balaban J connectivity index is 2.62. The molecule has 2 nitrogen and oxygen atoms in total. The normalized spacial score (nSPS) is 11.7. The number of halogens is 2. The van der Waals surface area contributed by atoms with Crippen molar-refractivity contribution < 1.29 is 0 Å². The van der Waals surface area contributed by atoms with Gasteiger partial charge < -0.3 is 0 Å². The summed E-state index contributed by atoms with van der Waals surface area (Å²) in [6.45, 7) is 1.98. The topological polar surface area (TPSA) is 36.7 Å². The summed E-state index contributed by atoms with van der Waals surface area (Å²) in [5, 5.41) is 9.76. The monoisotopic (exact) mass is 332 g/mol. The zero-order valence-corrected chi connectivity index (χ0v) is 12.5. The largest absolute Gasteiger partial charge is 0.264 e. The molecule has 4 heteroatoms. The first kappa shape index (κ1) is 13.8. The molecular formula is C15H10BrClN2. The van der Waals surface area contributed by atoms with Crippen molar-refractivity contribution in [2.24, 2.45) is 0 Å². The van der Waals surface area contributed by atoms with Crippen molar-refractivity contribution in [1.29, 1.82) is 5.26 Å². The van der Waals surface area contributed by atoms with Crippen LogP contribution in [0.2, 0.25) is 0 Å². The van der Waals surface area contributed by atoms with Crippen LogP contribution in [0.4, 0.5) is 0 Å². The van der Waals surface area contributed by atoms with Crippen molar-refractivity contribution in [2.75, 3.05) is 0 Å². The van der Waals surface area contributed by atoms with E-state index in [4.69, 9.17) is 11.6 Å². The zero-order chi connectivity index (χ0) is 13.8. The number of hydrogen-bond donors (Lipinski definition) is 0. The Morgan fingerprint density at radius 1 is 1.37 bits per heavy atom. The minimum atomic E-state index is 0.418. The highest BCUT2D eigenvalue weighted by molar-refractivity contribution is 9.10. The summed E-state index contributed by atoms with van der Waals surface area (Å²) >= 11 is 9.84. The lowest BCUT2D eigenvalue weighted by Crippen LogP contribution is -1.89. The van der Waals surface area contributed by atoms with Crippen LogP contribution in [0.3, 0.4) is 0 Å². The molecule has 0 radical (unpaired) electrons. The van der Waals surface area contributed by atoms with Gasteiger partial charge in [-0.3, -0.25) is 4.98 Å². The lowest BCUT2D eigenvalue weighted by atomic mass is 10.0. The van der Waals surface area contributed by atoms with Gasteiger partial charge in [0, 0.05) is 28.0 Å². The van der Waals surface area contributed by atoms with Crippen LogP contribution in [0, 0.1) is 18.3 Å². The van der Waals surface area contributed by atoms with Gasteiger partial charge in [-0.25, -0.2) is 0 Å². The molecule has 0 spiro atoms. The van der Waals surface area contributed by atoms with Gasteiger partial charge in [0.05, 0.1) is 10.6 Å². The van der Waals surface area contributed by atoms with Crippen molar-refractivity contribution >= 4 is 38.1 Å². The molecular weight excluding hydrogens is 324 g/mol. The summed E-state index contributed by atoms with van der Waals surface area (Å²) in [5.41, 5.74) is 3.02. The van der Waals surface area contributed by atoms with Crippen LogP contribution in [0.25, 0.3) is 10.6 Å². The Morgan fingerprint density at radius 2 is 2.16 bits per heavy atom. The molecule has 0 amide bonds. The van der Waals surface area contributed by atoms with Gasteiger partial charge in [0.1, 0.15) is 6.07 Å². The van der Waals surface area contributed by atoms with Crippen LogP contribution in [-0.2, 0) is 0 Å². The maximum atomic E-state index is 9.34. The predicted octanol–water partition coefficient (Wildman–Crippen LogP) is 4.78. The standard InChI is InChI=1S/C15H10BrClN2/c1-10-4-5-14(16)12(7-10)15(17)13(8-18)11-3-2-6-19-9-11/h2-7,9H,1H3/b15-13+. The molecule has 0 saturated carbocycles. The number of nitrogens with zero attached hydrogens (tertiary/aromatic N) is 2. The maximum absolute atomic E-state index is 9.34. The van der Waals surface area contributed by atoms with E-state index in [0.29, 0.717) is 16.2 Å². The minimum Gasteiger partial charge on any atom is -0.264 e. The molecule has 1 heterocycles. The van der Waals surface area contributed by atoms with E-state index < -0.39 is 0 Å². The molecule has 0 atom stereocenters. The van der Waals surface area contributed by atoms with E-state index in [-0.39, 0.29) is 0 Å². The fourth-order valence-corrected chi connectivity index (χ4v) is 2.56. The summed E-state index contributed by atoms with van der Waals surface area (Å²) in [6.07, 6.45) is 3.29. The lowest BCUT2D eigenvalue weighted by molar-refractivity contribution is 1.31. The average molecular weight is 334 g/mol. The van der Waals surface area contributed by atoms with E-state index in [1.165, 1.54) is 0 Å². The quantitative estimate of drug-likeness (QED) is 0.741. The van der Waals surface area contributed by atoms with Crippen LogP contribution < -0.4 is 0 Å². The van der Waals surface area contributed by atoms with Crippen LogP contribution in [0.5, 0.6) is 0 Å². The molecule has 19 heavy (non-hydrogen) atoms.